The fourth-order valence-corrected chi connectivity index (χ4v) is 7.90. The molecule has 308 valence electrons. The van der Waals surface area contributed by atoms with Gasteiger partial charge in [-0.05, 0) is 59.9 Å². The van der Waals surface area contributed by atoms with E-state index in [0.29, 0.717) is 27.6 Å². The number of nitrogens with zero attached hydrogens (tertiary/aromatic N) is 4. The highest BCUT2D eigenvalue weighted by Gasteiger charge is 2.44. The zero-order valence-electron chi connectivity index (χ0n) is 33.1. The molecule has 5 aromatic rings. The molecule has 4 heterocycles. The Balaban J connectivity index is 0.931. The van der Waals surface area contributed by atoms with E-state index in [4.69, 9.17) is 4.74 Å². The monoisotopic (exact) mass is 838 g/mol. The van der Waals surface area contributed by atoms with Crippen molar-refractivity contribution in [1.29, 1.82) is 0 Å². The van der Waals surface area contributed by atoms with Gasteiger partial charge in [0.1, 0.15) is 24.4 Å². The van der Waals surface area contributed by atoms with Gasteiger partial charge in [-0.3, -0.25) is 34.3 Å². The maximum absolute atomic E-state index is 13.9. The molecular weight excluding hydrogens is 793 g/mol. The predicted molar refractivity (Wildman–Crippen MR) is 225 cm³/mol. The molecule has 5 amide bonds. The molecule has 0 bridgehead atoms. The largest absolute Gasteiger partial charge is 0.391 e. The highest BCUT2D eigenvalue weighted by Crippen LogP contribution is 2.29. The van der Waals surface area contributed by atoms with Crippen molar-refractivity contribution in [2.45, 2.75) is 58.8 Å². The van der Waals surface area contributed by atoms with Crippen molar-refractivity contribution in [3.05, 3.63) is 106 Å². The third-order valence-corrected chi connectivity index (χ3v) is 11.3. The van der Waals surface area contributed by atoms with E-state index in [1.54, 1.807) is 49.2 Å². The zero-order valence-corrected chi connectivity index (χ0v) is 34.7. The molecule has 15 nitrogen and oxygen atoms in total. The van der Waals surface area contributed by atoms with Gasteiger partial charge in [-0.1, -0.05) is 51.1 Å². The lowest BCUT2D eigenvalue weighted by molar-refractivity contribution is -0.144. The molecule has 1 aliphatic rings. The SMILES string of the molecule is Cc1ncsc1-c1ccc(CNC(=O)C2C[C@H](O)CN2C(=O)[C@@H](NC(=O)COCCNC(=O)c2ccc(C(=O)Nc3nc(-c4ccccn4)cs3)cc2)C(C)(C)C)cc1. The molecule has 1 fully saturated rings. The Morgan fingerprint density at radius 1 is 0.915 bits per heavy atom. The molecule has 2 aromatic carbocycles. The number of aromatic nitrogens is 3. The van der Waals surface area contributed by atoms with Gasteiger partial charge in [0.15, 0.2) is 5.13 Å². The summed E-state index contributed by atoms with van der Waals surface area (Å²) >= 11 is 2.84. The first-order valence-corrected chi connectivity index (χ1v) is 20.7. The van der Waals surface area contributed by atoms with Crippen molar-refractivity contribution < 1.29 is 33.8 Å². The number of hydrogen-bond donors (Lipinski definition) is 5. The summed E-state index contributed by atoms with van der Waals surface area (Å²) in [5, 5.41) is 23.9. The number of aliphatic hydroxyl groups excluding tert-OH is 1. The summed E-state index contributed by atoms with van der Waals surface area (Å²) in [4.78, 5) is 81.2. The summed E-state index contributed by atoms with van der Waals surface area (Å²) in [7, 11) is 0. The van der Waals surface area contributed by atoms with Crippen LogP contribution in [0.2, 0.25) is 0 Å². The van der Waals surface area contributed by atoms with Crippen LogP contribution < -0.4 is 21.3 Å². The van der Waals surface area contributed by atoms with Crippen LogP contribution in [0, 0.1) is 12.3 Å². The number of aliphatic hydroxyl groups is 1. The van der Waals surface area contributed by atoms with Gasteiger partial charge < -0.3 is 30.7 Å². The van der Waals surface area contributed by atoms with Crippen LogP contribution in [0.4, 0.5) is 5.13 Å². The summed E-state index contributed by atoms with van der Waals surface area (Å²) in [6.07, 6.45) is 0.843. The first kappa shape index (κ1) is 42.7. The molecule has 0 radical (unpaired) electrons. The molecule has 3 aromatic heterocycles. The average molecular weight is 839 g/mol. The minimum atomic E-state index is -1.02. The number of thiazole rings is 2. The third kappa shape index (κ3) is 11.2. The molecular formula is C42H46N8O7S2. The Kier molecular flexibility index (Phi) is 13.9. The topological polar surface area (TPSA) is 205 Å². The van der Waals surface area contributed by atoms with Gasteiger partial charge in [-0.2, -0.15) is 0 Å². The molecule has 0 spiro atoms. The van der Waals surface area contributed by atoms with Gasteiger partial charge in [-0.15, -0.1) is 22.7 Å². The highest BCUT2D eigenvalue weighted by atomic mass is 32.1. The molecule has 6 rings (SSSR count). The first-order chi connectivity index (χ1) is 28.3. The molecule has 17 heteroatoms. The van der Waals surface area contributed by atoms with E-state index in [0.717, 1.165) is 21.7 Å². The van der Waals surface area contributed by atoms with Gasteiger partial charge in [-0.25, -0.2) is 9.97 Å². The summed E-state index contributed by atoms with van der Waals surface area (Å²) < 4.78 is 5.50. The first-order valence-electron chi connectivity index (χ1n) is 19.0. The second-order valence-corrected chi connectivity index (χ2v) is 16.7. The summed E-state index contributed by atoms with van der Waals surface area (Å²) in [6, 6.07) is 17.5. The van der Waals surface area contributed by atoms with Crippen LogP contribution in [-0.2, 0) is 25.7 Å². The van der Waals surface area contributed by atoms with Crippen molar-refractivity contribution in [2.24, 2.45) is 5.41 Å². The minimum absolute atomic E-state index is 0.0102. The molecule has 3 atom stereocenters. The summed E-state index contributed by atoms with van der Waals surface area (Å²) in [6.45, 7) is 7.26. The third-order valence-electron chi connectivity index (χ3n) is 9.54. The van der Waals surface area contributed by atoms with Crippen molar-refractivity contribution >= 4 is 57.3 Å². The molecule has 1 unspecified atom stereocenters. The number of carbonyl (C=O) groups excluding carboxylic acids is 5. The summed E-state index contributed by atoms with van der Waals surface area (Å²) in [5.41, 5.74) is 5.95. The number of amides is 5. The Labute approximate surface area is 349 Å². The van der Waals surface area contributed by atoms with E-state index in [9.17, 15) is 29.1 Å². The van der Waals surface area contributed by atoms with Crippen LogP contribution in [0.25, 0.3) is 21.8 Å². The molecule has 5 N–H and O–H groups in total. The fourth-order valence-electron chi connectivity index (χ4n) is 6.39. The lowest BCUT2D eigenvalue weighted by Crippen LogP contribution is -2.58. The second-order valence-electron chi connectivity index (χ2n) is 15.0. The van der Waals surface area contributed by atoms with Crippen LogP contribution in [0.1, 0.15) is 59.2 Å². The van der Waals surface area contributed by atoms with E-state index in [-0.39, 0.29) is 45.2 Å². The summed E-state index contributed by atoms with van der Waals surface area (Å²) in [5.74, 6) is -2.21. The smallest absolute Gasteiger partial charge is 0.257 e. The van der Waals surface area contributed by atoms with Gasteiger partial charge in [0, 0.05) is 48.8 Å². The standard InChI is InChI=1S/C42H46N8O7S2/c1-25-35(59-24-46-25)27-10-8-26(9-11-27)20-45-39(55)33-19-30(51)21-50(33)40(56)36(42(2,3)4)48-34(52)22-57-18-17-44-37(53)28-12-14-29(15-13-28)38(54)49-41-47-32(23-58-41)31-7-5-6-16-43-31/h5-16,23-24,30,33,36,51H,17-22H2,1-4H3,(H,44,53)(H,45,55)(H,48,52)(H,47,49,54)/t30-,33?,36+/m0/s1. The van der Waals surface area contributed by atoms with Crippen LogP contribution in [-0.4, -0.2) is 99.0 Å². The number of hydrogen-bond acceptors (Lipinski definition) is 12. The van der Waals surface area contributed by atoms with E-state index >= 15 is 0 Å². The minimum Gasteiger partial charge on any atom is -0.391 e. The van der Waals surface area contributed by atoms with Gasteiger partial charge in [0.2, 0.25) is 17.7 Å². The number of rotatable bonds is 15. The molecule has 1 aliphatic heterocycles. The van der Waals surface area contributed by atoms with Crippen LogP contribution >= 0.6 is 22.7 Å². The Hall–Kier alpha value is -5.88. The average Bonchev–Trinajstić information content (AvgIpc) is 3.98. The highest BCUT2D eigenvalue weighted by molar-refractivity contribution is 7.14. The number of ether oxygens (including phenoxy) is 1. The van der Waals surface area contributed by atoms with Crippen LogP contribution in [0.5, 0.6) is 0 Å². The van der Waals surface area contributed by atoms with Crippen molar-refractivity contribution in [3.8, 4) is 21.8 Å². The predicted octanol–water partition coefficient (Wildman–Crippen LogP) is 4.44. The zero-order chi connectivity index (χ0) is 42.1. The van der Waals surface area contributed by atoms with Crippen molar-refractivity contribution in [1.82, 2.24) is 35.8 Å². The lowest BCUT2D eigenvalue weighted by Gasteiger charge is -2.35. The van der Waals surface area contributed by atoms with Crippen molar-refractivity contribution in [2.75, 3.05) is 31.6 Å². The number of likely N-dealkylation sites (tertiary alicyclic amines) is 1. The molecule has 1 saturated heterocycles. The Morgan fingerprint density at radius 2 is 1.64 bits per heavy atom. The molecule has 0 aliphatic carbocycles. The quantitative estimate of drug-likeness (QED) is 0.0938. The number of anilines is 1. The number of nitrogens with one attached hydrogen (secondary N) is 4. The lowest BCUT2D eigenvalue weighted by atomic mass is 9.85. The Morgan fingerprint density at radius 3 is 2.31 bits per heavy atom. The fraction of sp³-hybridized carbons (Fsp3) is 0.333. The van der Waals surface area contributed by atoms with Gasteiger partial charge in [0.25, 0.3) is 11.8 Å². The maximum Gasteiger partial charge on any atom is 0.257 e. The van der Waals surface area contributed by atoms with Crippen molar-refractivity contribution in [3.63, 3.8) is 0 Å². The van der Waals surface area contributed by atoms with E-state index in [1.165, 1.54) is 40.5 Å². The number of benzene rings is 2. The normalized spacial score (nSPS) is 15.6. The number of aryl methyl sites for hydroxylation is 1. The number of carbonyl (C=O) groups is 5. The Bertz CT molecular complexity index is 2260. The van der Waals surface area contributed by atoms with E-state index in [1.807, 2.05) is 49.4 Å². The maximum atomic E-state index is 13.9. The number of pyridine rings is 1. The van der Waals surface area contributed by atoms with Gasteiger partial charge in [0.05, 0.1) is 34.5 Å². The van der Waals surface area contributed by atoms with Crippen LogP contribution in [0.3, 0.4) is 0 Å². The molecule has 59 heavy (non-hydrogen) atoms. The van der Waals surface area contributed by atoms with Gasteiger partial charge >= 0.3 is 0 Å². The molecule has 0 saturated carbocycles. The second kappa shape index (κ2) is 19.2. The van der Waals surface area contributed by atoms with E-state index < -0.39 is 47.2 Å². The number of β-amino-alcohol motifs (C(OH)–C–C–N with tert-alkyl or cyclic N) is 1. The van der Waals surface area contributed by atoms with E-state index in [2.05, 4.69) is 36.2 Å². The van der Waals surface area contributed by atoms with Crippen LogP contribution in [0.15, 0.2) is 83.8 Å².